The monoisotopic (exact) mass is 335 g/mol. The zero-order valence-corrected chi connectivity index (χ0v) is 12.6. The summed E-state index contributed by atoms with van der Waals surface area (Å²) >= 11 is 3.29. The summed E-state index contributed by atoms with van der Waals surface area (Å²) in [5, 5.41) is 3.91. The van der Waals surface area contributed by atoms with Gasteiger partial charge in [0, 0.05) is 12.6 Å². The third-order valence-electron chi connectivity index (χ3n) is 3.42. The highest BCUT2D eigenvalue weighted by Crippen LogP contribution is 2.33. The Balaban J connectivity index is 1.87. The van der Waals surface area contributed by atoms with Crippen LogP contribution < -0.4 is 0 Å². The number of likely N-dealkylation sites (tertiary alicyclic amines) is 1. The van der Waals surface area contributed by atoms with E-state index >= 15 is 0 Å². The number of pyridine rings is 1. The van der Waals surface area contributed by atoms with Gasteiger partial charge in [0.1, 0.15) is 10.3 Å². The van der Waals surface area contributed by atoms with E-state index < -0.39 is 0 Å². The van der Waals surface area contributed by atoms with Crippen LogP contribution in [0.1, 0.15) is 40.8 Å². The maximum absolute atomic E-state index is 12.6. The number of aromatic nitrogens is 2. The Morgan fingerprint density at radius 2 is 2.35 bits per heavy atom. The van der Waals surface area contributed by atoms with Gasteiger partial charge in [-0.3, -0.25) is 4.79 Å². The summed E-state index contributed by atoms with van der Waals surface area (Å²) in [5.41, 5.74) is 1.28. The standard InChI is InChI=1S/C14H14BrN3O2/c1-9-8-12(20-17-9)11-5-3-7-18(11)14(19)10-4-2-6-13(15)16-10/h2,4,6,8,11H,3,5,7H2,1H3. The molecule has 6 heteroatoms. The molecule has 0 radical (unpaired) electrons. The number of amides is 1. The Bertz CT molecular complexity index is 641. The second kappa shape index (κ2) is 5.36. The fourth-order valence-electron chi connectivity index (χ4n) is 2.52. The first kappa shape index (κ1) is 13.3. The molecular weight excluding hydrogens is 322 g/mol. The molecular formula is C14H14BrN3O2. The molecule has 3 rings (SSSR count). The number of hydrogen-bond donors (Lipinski definition) is 0. The van der Waals surface area contributed by atoms with E-state index in [9.17, 15) is 4.79 Å². The lowest BCUT2D eigenvalue weighted by Gasteiger charge is -2.22. The van der Waals surface area contributed by atoms with Crippen molar-refractivity contribution in [1.82, 2.24) is 15.0 Å². The van der Waals surface area contributed by atoms with Gasteiger partial charge >= 0.3 is 0 Å². The van der Waals surface area contributed by atoms with Crippen LogP contribution in [-0.2, 0) is 0 Å². The van der Waals surface area contributed by atoms with Gasteiger partial charge < -0.3 is 9.42 Å². The zero-order chi connectivity index (χ0) is 14.1. The topological polar surface area (TPSA) is 59.2 Å². The third kappa shape index (κ3) is 2.47. The molecule has 0 bridgehead atoms. The molecule has 0 saturated carbocycles. The van der Waals surface area contributed by atoms with Crippen LogP contribution in [0.5, 0.6) is 0 Å². The van der Waals surface area contributed by atoms with Crippen LogP contribution in [0.25, 0.3) is 0 Å². The number of rotatable bonds is 2. The highest BCUT2D eigenvalue weighted by atomic mass is 79.9. The Morgan fingerprint density at radius 1 is 1.50 bits per heavy atom. The summed E-state index contributed by atoms with van der Waals surface area (Å²) < 4.78 is 5.98. The minimum atomic E-state index is -0.0668. The van der Waals surface area contributed by atoms with Crippen molar-refractivity contribution in [2.75, 3.05) is 6.54 Å². The molecule has 1 aliphatic heterocycles. The first-order valence-electron chi connectivity index (χ1n) is 6.52. The fraction of sp³-hybridized carbons (Fsp3) is 0.357. The molecule has 2 aromatic rings. The van der Waals surface area contributed by atoms with Gasteiger partial charge in [-0.2, -0.15) is 0 Å². The molecule has 1 unspecified atom stereocenters. The smallest absolute Gasteiger partial charge is 0.273 e. The Labute approximate surface area is 125 Å². The van der Waals surface area contributed by atoms with Crippen molar-refractivity contribution < 1.29 is 9.32 Å². The second-order valence-corrected chi connectivity index (χ2v) is 5.69. The van der Waals surface area contributed by atoms with Gasteiger partial charge in [0.2, 0.25) is 0 Å². The van der Waals surface area contributed by atoms with E-state index in [1.54, 1.807) is 12.1 Å². The molecule has 20 heavy (non-hydrogen) atoms. The Kier molecular flexibility index (Phi) is 3.56. The minimum Gasteiger partial charge on any atom is -0.359 e. The molecule has 1 atom stereocenters. The van der Waals surface area contributed by atoms with Crippen LogP contribution >= 0.6 is 15.9 Å². The first-order chi connectivity index (χ1) is 9.65. The van der Waals surface area contributed by atoms with Crippen LogP contribution in [-0.4, -0.2) is 27.5 Å². The van der Waals surface area contributed by atoms with E-state index in [-0.39, 0.29) is 11.9 Å². The van der Waals surface area contributed by atoms with Gasteiger partial charge in [0.25, 0.3) is 5.91 Å². The molecule has 2 aromatic heterocycles. The van der Waals surface area contributed by atoms with Crippen LogP contribution in [0.2, 0.25) is 0 Å². The molecule has 1 aliphatic rings. The summed E-state index contributed by atoms with van der Waals surface area (Å²) in [7, 11) is 0. The van der Waals surface area contributed by atoms with Gasteiger partial charge in [-0.05, 0) is 47.8 Å². The lowest BCUT2D eigenvalue weighted by atomic mass is 10.1. The van der Waals surface area contributed by atoms with Crippen LogP contribution in [0.15, 0.2) is 33.4 Å². The normalized spacial score (nSPS) is 18.5. The van der Waals surface area contributed by atoms with Crippen molar-refractivity contribution in [3.63, 3.8) is 0 Å². The molecule has 0 N–H and O–H groups in total. The number of carbonyl (C=O) groups excluding carboxylic acids is 1. The molecule has 0 aromatic carbocycles. The lowest BCUT2D eigenvalue weighted by molar-refractivity contribution is 0.0708. The van der Waals surface area contributed by atoms with E-state index in [1.807, 2.05) is 24.0 Å². The molecule has 5 nitrogen and oxygen atoms in total. The highest BCUT2D eigenvalue weighted by molar-refractivity contribution is 9.10. The van der Waals surface area contributed by atoms with Crippen molar-refractivity contribution >= 4 is 21.8 Å². The van der Waals surface area contributed by atoms with Crippen LogP contribution in [0.3, 0.4) is 0 Å². The van der Waals surface area contributed by atoms with E-state index in [0.717, 1.165) is 30.8 Å². The molecule has 104 valence electrons. The van der Waals surface area contributed by atoms with Gasteiger partial charge in [-0.15, -0.1) is 0 Å². The maximum Gasteiger partial charge on any atom is 0.273 e. The molecule has 1 fully saturated rings. The Morgan fingerprint density at radius 3 is 3.05 bits per heavy atom. The molecule has 1 amide bonds. The molecule has 3 heterocycles. The number of halogens is 1. The predicted octanol–water partition coefficient (Wildman–Crippen LogP) is 3.12. The second-order valence-electron chi connectivity index (χ2n) is 4.87. The fourth-order valence-corrected chi connectivity index (χ4v) is 2.86. The van der Waals surface area contributed by atoms with Crippen molar-refractivity contribution in [2.24, 2.45) is 0 Å². The minimum absolute atomic E-state index is 0.0375. The van der Waals surface area contributed by atoms with E-state index in [2.05, 4.69) is 26.1 Å². The number of aryl methyl sites for hydroxylation is 1. The third-order valence-corrected chi connectivity index (χ3v) is 3.86. The number of hydrogen-bond acceptors (Lipinski definition) is 4. The first-order valence-corrected chi connectivity index (χ1v) is 7.31. The summed E-state index contributed by atoms with van der Waals surface area (Å²) in [6.45, 7) is 2.60. The van der Waals surface area contributed by atoms with Crippen molar-refractivity contribution in [2.45, 2.75) is 25.8 Å². The molecule has 1 saturated heterocycles. The maximum atomic E-state index is 12.6. The van der Waals surface area contributed by atoms with Crippen molar-refractivity contribution in [1.29, 1.82) is 0 Å². The molecule has 0 aliphatic carbocycles. The van der Waals surface area contributed by atoms with Gasteiger partial charge in [0.05, 0.1) is 11.7 Å². The average molecular weight is 336 g/mol. The van der Waals surface area contributed by atoms with E-state index in [0.29, 0.717) is 10.3 Å². The highest BCUT2D eigenvalue weighted by Gasteiger charge is 2.33. The summed E-state index contributed by atoms with van der Waals surface area (Å²) in [6.07, 6.45) is 1.86. The zero-order valence-electron chi connectivity index (χ0n) is 11.0. The van der Waals surface area contributed by atoms with Crippen molar-refractivity contribution in [3.8, 4) is 0 Å². The average Bonchev–Trinajstić information content (AvgIpc) is 3.06. The van der Waals surface area contributed by atoms with E-state index in [1.165, 1.54) is 0 Å². The summed E-state index contributed by atoms with van der Waals surface area (Å²) in [5.74, 6) is 0.686. The SMILES string of the molecule is Cc1cc(C2CCCN2C(=O)c2cccc(Br)n2)on1. The van der Waals surface area contributed by atoms with Gasteiger partial charge in [-0.1, -0.05) is 11.2 Å². The van der Waals surface area contributed by atoms with Crippen LogP contribution in [0, 0.1) is 6.92 Å². The van der Waals surface area contributed by atoms with E-state index in [4.69, 9.17) is 4.52 Å². The number of nitrogens with zero attached hydrogens (tertiary/aromatic N) is 3. The van der Waals surface area contributed by atoms with Gasteiger partial charge in [0.15, 0.2) is 5.76 Å². The van der Waals surface area contributed by atoms with Gasteiger partial charge in [-0.25, -0.2) is 4.98 Å². The lowest BCUT2D eigenvalue weighted by Crippen LogP contribution is -2.31. The summed E-state index contributed by atoms with van der Waals surface area (Å²) in [4.78, 5) is 18.6. The predicted molar refractivity (Wildman–Crippen MR) is 76.2 cm³/mol. The Hall–Kier alpha value is -1.69. The molecule has 0 spiro atoms. The van der Waals surface area contributed by atoms with Crippen LogP contribution in [0.4, 0.5) is 0 Å². The van der Waals surface area contributed by atoms with Crippen molar-refractivity contribution in [3.05, 3.63) is 46.0 Å². The number of carbonyl (C=O) groups is 1. The summed E-state index contributed by atoms with van der Waals surface area (Å²) in [6, 6.07) is 7.20. The largest absolute Gasteiger partial charge is 0.359 e. The quantitative estimate of drug-likeness (QED) is 0.791.